The summed E-state index contributed by atoms with van der Waals surface area (Å²) in [5.74, 6) is -2.07. The summed E-state index contributed by atoms with van der Waals surface area (Å²) in [4.78, 5) is 37.1. The topological polar surface area (TPSA) is 125 Å². The Morgan fingerprint density at radius 2 is 1.58 bits per heavy atom. The molecule has 0 aromatic heterocycles. The van der Waals surface area contributed by atoms with E-state index in [9.17, 15) is 24.6 Å². The number of carboxylic acids is 1. The molecule has 2 amide bonds. The van der Waals surface area contributed by atoms with Crippen molar-refractivity contribution in [3.05, 3.63) is 59.7 Å². The average Bonchev–Trinajstić information content (AvgIpc) is 3.39. The molecule has 1 saturated carbocycles. The highest BCUT2D eigenvalue weighted by Crippen LogP contribution is 2.44. The molecule has 1 fully saturated rings. The summed E-state index contributed by atoms with van der Waals surface area (Å²) < 4.78 is 5.58. The number of alkyl carbamates (subject to hydrolysis) is 1. The lowest BCUT2D eigenvalue weighted by Gasteiger charge is -2.30. The summed E-state index contributed by atoms with van der Waals surface area (Å²) in [5.41, 5.74) is 3.14. The Morgan fingerprint density at radius 1 is 1.03 bits per heavy atom. The van der Waals surface area contributed by atoms with Crippen LogP contribution in [0.25, 0.3) is 11.1 Å². The van der Waals surface area contributed by atoms with Crippen LogP contribution in [-0.4, -0.2) is 52.5 Å². The molecule has 174 valence electrons. The smallest absolute Gasteiger partial charge is 0.408 e. The van der Waals surface area contributed by atoms with Crippen LogP contribution in [0.5, 0.6) is 0 Å². The van der Waals surface area contributed by atoms with Gasteiger partial charge in [-0.05, 0) is 42.0 Å². The zero-order chi connectivity index (χ0) is 23.6. The predicted octanol–water partition coefficient (Wildman–Crippen LogP) is 2.79. The van der Waals surface area contributed by atoms with Crippen LogP contribution >= 0.6 is 0 Å². The van der Waals surface area contributed by atoms with E-state index in [2.05, 4.69) is 10.6 Å². The van der Waals surface area contributed by atoms with Gasteiger partial charge in [-0.15, -0.1) is 0 Å². The van der Waals surface area contributed by atoms with Gasteiger partial charge in [-0.25, -0.2) is 9.59 Å². The SMILES string of the molecule is CC(O)C(NC(=O)C1(NC(=O)OCC2c3ccccc3-c3ccccc32)CCCC1)C(=O)O. The second-order valence-corrected chi connectivity index (χ2v) is 8.77. The van der Waals surface area contributed by atoms with Gasteiger partial charge in [0.25, 0.3) is 0 Å². The maximum Gasteiger partial charge on any atom is 0.408 e. The lowest BCUT2D eigenvalue weighted by molar-refractivity contribution is -0.145. The van der Waals surface area contributed by atoms with Crippen LogP contribution in [0, 0.1) is 0 Å². The molecule has 0 heterocycles. The van der Waals surface area contributed by atoms with E-state index in [0.29, 0.717) is 25.7 Å². The zero-order valence-electron chi connectivity index (χ0n) is 18.4. The molecule has 8 nitrogen and oxygen atoms in total. The molecule has 2 atom stereocenters. The third-order valence-electron chi connectivity index (χ3n) is 6.61. The van der Waals surface area contributed by atoms with E-state index < -0.39 is 35.7 Å². The van der Waals surface area contributed by atoms with Gasteiger partial charge in [-0.3, -0.25) is 4.79 Å². The molecule has 2 aromatic rings. The molecule has 0 saturated heterocycles. The van der Waals surface area contributed by atoms with Gasteiger partial charge in [0.15, 0.2) is 6.04 Å². The number of ether oxygens (including phenoxy) is 1. The maximum absolute atomic E-state index is 13.0. The quantitative estimate of drug-likeness (QED) is 0.512. The second-order valence-electron chi connectivity index (χ2n) is 8.77. The molecule has 2 aromatic carbocycles. The third kappa shape index (κ3) is 4.43. The molecule has 2 unspecified atom stereocenters. The minimum Gasteiger partial charge on any atom is -0.480 e. The van der Waals surface area contributed by atoms with Gasteiger partial charge in [-0.2, -0.15) is 0 Å². The molecule has 0 aliphatic heterocycles. The van der Waals surface area contributed by atoms with Crippen LogP contribution < -0.4 is 10.6 Å². The Kier molecular flexibility index (Phi) is 6.37. The van der Waals surface area contributed by atoms with Gasteiger partial charge >= 0.3 is 12.1 Å². The predicted molar refractivity (Wildman–Crippen MR) is 121 cm³/mol. The van der Waals surface area contributed by atoms with Crippen molar-refractivity contribution in [2.75, 3.05) is 6.61 Å². The van der Waals surface area contributed by atoms with Crippen molar-refractivity contribution < 1.29 is 29.3 Å². The first-order valence-electron chi connectivity index (χ1n) is 11.2. The number of hydrogen-bond acceptors (Lipinski definition) is 5. The van der Waals surface area contributed by atoms with Crippen molar-refractivity contribution in [2.45, 2.75) is 56.2 Å². The zero-order valence-corrected chi connectivity index (χ0v) is 18.4. The monoisotopic (exact) mass is 452 g/mol. The largest absolute Gasteiger partial charge is 0.480 e. The number of fused-ring (bicyclic) bond motifs is 3. The van der Waals surface area contributed by atoms with Crippen LogP contribution in [0.2, 0.25) is 0 Å². The number of benzene rings is 2. The summed E-state index contributed by atoms with van der Waals surface area (Å²) in [7, 11) is 0. The van der Waals surface area contributed by atoms with Crippen molar-refractivity contribution in [3.8, 4) is 11.1 Å². The van der Waals surface area contributed by atoms with E-state index in [1.54, 1.807) is 0 Å². The Labute approximate surface area is 192 Å². The highest BCUT2D eigenvalue weighted by Gasteiger charge is 2.45. The minimum atomic E-state index is -1.46. The van der Waals surface area contributed by atoms with Crippen LogP contribution in [0.1, 0.15) is 49.7 Å². The standard InChI is InChI=1S/C25H28N2O6/c1-15(28)21(22(29)30)26-23(31)25(12-6-7-13-25)27-24(32)33-14-20-18-10-4-2-8-16(18)17-9-3-5-11-19(17)20/h2-5,8-11,15,20-21,28H,6-7,12-14H2,1H3,(H,26,31)(H,27,32)(H,29,30). The highest BCUT2D eigenvalue weighted by atomic mass is 16.5. The number of hydrogen-bond donors (Lipinski definition) is 4. The number of aliphatic hydroxyl groups excluding tert-OH is 1. The van der Waals surface area contributed by atoms with E-state index in [0.717, 1.165) is 22.3 Å². The Balaban J connectivity index is 1.45. The number of aliphatic hydroxyl groups is 1. The molecule has 0 radical (unpaired) electrons. The van der Waals surface area contributed by atoms with Crippen LogP contribution in [0.15, 0.2) is 48.5 Å². The summed E-state index contributed by atoms with van der Waals surface area (Å²) in [6.07, 6.45) is 0.161. The third-order valence-corrected chi connectivity index (χ3v) is 6.61. The van der Waals surface area contributed by atoms with Crippen LogP contribution in [0.3, 0.4) is 0 Å². The van der Waals surface area contributed by atoms with Crippen LogP contribution in [-0.2, 0) is 14.3 Å². The maximum atomic E-state index is 13.0. The fourth-order valence-electron chi connectivity index (χ4n) is 4.89. The van der Waals surface area contributed by atoms with E-state index in [1.165, 1.54) is 6.92 Å². The average molecular weight is 453 g/mol. The Bertz CT molecular complexity index is 1010. The first kappa shape index (κ1) is 22.8. The molecule has 4 rings (SSSR count). The Morgan fingerprint density at radius 3 is 2.09 bits per heavy atom. The molecule has 2 aliphatic rings. The van der Waals surface area contributed by atoms with Gasteiger partial charge in [0.2, 0.25) is 5.91 Å². The van der Waals surface area contributed by atoms with Gasteiger partial charge in [-0.1, -0.05) is 61.4 Å². The van der Waals surface area contributed by atoms with E-state index >= 15 is 0 Å². The number of carboxylic acid groups (broad SMARTS) is 1. The normalized spacial score (nSPS) is 18.0. The molecular formula is C25H28N2O6. The Hall–Kier alpha value is -3.39. The molecular weight excluding hydrogens is 424 g/mol. The molecule has 33 heavy (non-hydrogen) atoms. The molecule has 0 spiro atoms. The van der Waals surface area contributed by atoms with Crippen molar-refractivity contribution in [2.24, 2.45) is 0 Å². The lowest BCUT2D eigenvalue weighted by atomic mass is 9.95. The number of aliphatic carboxylic acids is 1. The van der Waals surface area contributed by atoms with Crippen molar-refractivity contribution >= 4 is 18.0 Å². The number of amides is 2. The van der Waals surface area contributed by atoms with Crippen molar-refractivity contribution in [3.63, 3.8) is 0 Å². The lowest BCUT2D eigenvalue weighted by Crippen LogP contribution is -2.61. The van der Waals surface area contributed by atoms with Crippen molar-refractivity contribution in [1.29, 1.82) is 0 Å². The van der Waals surface area contributed by atoms with E-state index in [4.69, 9.17) is 4.74 Å². The number of nitrogens with one attached hydrogen (secondary N) is 2. The molecule has 8 heteroatoms. The summed E-state index contributed by atoms with van der Waals surface area (Å²) in [6, 6.07) is 14.6. The summed E-state index contributed by atoms with van der Waals surface area (Å²) in [5, 5.41) is 24.0. The first-order valence-corrected chi connectivity index (χ1v) is 11.2. The van der Waals surface area contributed by atoms with Gasteiger partial charge in [0, 0.05) is 5.92 Å². The van der Waals surface area contributed by atoms with E-state index in [-0.39, 0.29) is 12.5 Å². The fraction of sp³-hybridized carbons (Fsp3) is 0.400. The summed E-state index contributed by atoms with van der Waals surface area (Å²) >= 11 is 0. The van der Waals surface area contributed by atoms with Gasteiger partial charge < -0.3 is 25.6 Å². The molecule has 2 aliphatic carbocycles. The van der Waals surface area contributed by atoms with E-state index in [1.807, 2.05) is 48.5 Å². The van der Waals surface area contributed by atoms with Gasteiger partial charge in [0.05, 0.1) is 6.10 Å². The number of carbonyl (C=O) groups excluding carboxylic acids is 2. The molecule has 0 bridgehead atoms. The number of carbonyl (C=O) groups is 3. The number of rotatable bonds is 7. The summed E-state index contributed by atoms with van der Waals surface area (Å²) in [6.45, 7) is 1.41. The van der Waals surface area contributed by atoms with Crippen LogP contribution in [0.4, 0.5) is 4.79 Å². The van der Waals surface area contributed by atoms with Crippen molar-refractivity contribution in [1.82, 2.24) is 10.6 Å². The highest BCUT2D eigenvalue weighted by molar-refractivity contribution is 5.93. The minimum absolute atomic E-state index is 0.108. The fourth-order valence-corrected chi connectivity index (χ4v) is 4.89. The van der Waals surface area contributed by atoms with Gasteiger partial charge in [0.1, 0.15) is 12.1 Å². The second kappa shape index (κ2) is 9.23. The first-order chi connectivity index (χ1) is 15.8. The molecule has 4 N–H and O–H groups in total.